The van der Waals surface area contributed by atoms with Gasteiger partial charge in [0, 0.05) is 13.2 Å². The molecule has 1 aliphatic rings. The second-order valence-corrected chi connectivity index (χ2v) is 5.54. The first kappa shape index (κ1) is 14.3. The summed E-state index contributed by atoms with van der Waals surface area (Å²) in [5.41, 5.74) is -0.868. The Morgan fingerprint density at radius 2 is 2.24 bits per heavy atom. The number of alkyl carbamates (subject to hydrolysis) is 1. The van der Waals surface area contributed by atoms with Crippen LogP contribution in [0.3, 0.4) is 0 Å². The van der Waals surface area contributed by atoms with E-state index in [0.29, 0.717) is 26.1 Å². The summed E-state index contributed by atoms with van der Waals surface area (Å²) in [6.07, 6.45) is 1.72. The fourth-order valence-corrected chi connectivity index (χ4v) is 1.90. The van der Waals surface area contributed by atoms with Crippen molar-refractivity contribution >= 4 is 6.09 Å². The average molecular weight is 245 g/mol. The Balaban J connectivity index is 2.52. The maximum atomic E-state index is 11.7. The number of amides is 1. The minimum Gasteiger partial charge on any atom is -0.444 e. The van der Waals surface area contributed by atoms with Gasteiger partial charge in [-0.2, -0.15) is 0 Å². The van der Waals surface area contributed by atoms with Crippen molar-refractivity contribution in [2.45, 2.75) is 51.2 Å². The molecule has 17 heavy (non-hydrogen) atoms. The molecule has 0 spiro atoms. The van der Waals surface area contributed by atoms with Crippen LogP contribution in [0.15, 0.2) is 0 Å². The fourth-order valence-electron chi connectivity index (χ4n) is 1.90. The molecule has 2 N–H and O–H groups in total. The zero-order valence-corrected chi connectivity index (χ0v) is 10.9. The largest absolute Gasteiger partial charge is 0.444 e. The van der Waals surface area contributed by atoms with Gasteiger partial charge < -0.3 is 19.9 Å². The average Bonchev–Trinajstić information content (AvgIpc) is 2.60. The number of hydrogen-bond acceptors (Lipinski definition) is 4. The number of aliphatic hydroxyl groups is 1. The second kappa shape index (κ2) is 5.69. The Bertz CT molecular complexity index is 254. The molecule has 1 heterocycles. The van der Waals surface area contributed by atoms with E-state index >= 15 is 0 Å². The normalized spacial score (nSPS) is 24.7. The van der Waals surface area contributed by atoms with Crippen LogP contribution < -0.4 is 5.32 Å². The maximum Gasteiger partial charge on any atom is 0.408 e. The Morgan fingerprint density at radius 3 is 2.71 bits per heavy atom. The highest BCUT2D eigenvalue weighted by atomic mass is 16.6. The molecular weight excluding hydrogens is 222 g/mol. The van der Waals surface area contributed by atoms with Gasteiger partial charge in [-0.1, -0.05) is 0 Å². The van der Waals surface area contributed by atoms with Crippen molar-refractivity contribution in [3.8, 4) is 0 Å². The van der Waals surface area contributed by atoms with E-state index in [0.717, 1.165) is 6.42 Å². The Hall–Kier alpha value is -0.810. The van der Waals surface area contributed by atoms with E-state index < -0.39 is 11.7 Å². The van der Waals surface area contributed by atoms with Crippen LogP contribution >= 0.6 is 0 Å². The van der Waals surface area contributed by atoms with Gasteiger partial charge >= 0.3 is 6.09 Å². The smallest absolute Gasteiger partial charge is 0.408 e. The molecule has 5 heteroatoms. The van der Waals surface area contributed by atoms with Crippen LogP contribution in [0.4, 0.5) is 4.79 Å². The number of hydrogen-bond donors (Lipinski definition) is 2. The van der Waals surface area contributed by atoms with Crippen LogP contribution in [-0.4, -0.2) is 42.2 Å². The first-order chi connectivity index (χ1) is 7.87. The van der Waals surface area contributed by atoms with E-state index in [1.165, 1.54) is 0 Å². The number of ether oxygens (including phenoxy) is 2. The maximum absolute atomic E-state index is 11.7. The lowest BCUT2D eigenvalue weighted by Gasteiger charge is -2.30. The van der Waals surface area contributed by atoms with Gasteiger partial charge in [-0.25, -0.2) is 4.79 Å². The molecule has 0 aromatic rings. The quantitative estimate of drug-likeness (QED) is 0.786. The van der Waals surface area contributed by atoms with Crippen LogP contribution in [0.5, 0.6) is 0 Å². The third-order valence-electron chi connectivity index (χ3n) is 2.68. The summed E-state index contributed by atoms with van der Waals surface area (Å²) in [7, 11) is 0. The van der Waals surface area contributed by atoms with Crippen LogP contribution in [0.1, 0.15) is 40.0 Å². The highest BCUT2D eigenvalue weighted by Gasteiger charge is 2.37. The molecule has 1 saturated heterocycles. The standard InChI is InChI=1S/C12H23NO4/c1-11(2,3)17-10(15)13-12(5-4-7-14)6-8-16-9-12/h14H,4-9H2,1-3H3,(H,13,15). The van der Waals surface area contributed by atoms with E-state index in [4.69, 9.17) is 14.6 Å². The van der Waals surface area contributed by atoms with Gasteiger partial charge in [0.15, 0.2) is 0 Å². The summed E-state index contributed by atoms with van der Waals surface area (Å²) >= 11 is 0. The molecule has 0 aliphatic carbocycles. The second-order valence-electron chi connectivity index (χ2n) is 5.54. The van der Waals surface area contributed by atoms with Crippen LogP contribution in [-0.2, 0) is 9.47 Å². The molecule has 1 rings (SSSR count). The van der Waals surface area contributed by atoms with E-state index in [2.05, 4.69) is 5.32 Å². The van der Waals surface area contributed by atoms with Crippen LogP contribution in [0.25, 0.3) is 0 Å². The van der Waals surface area contributed by atoms with E-state index in [1.54, 1.807) is 0 Å². The van der Waals surface area contributed by atoms with Gasteiger partial charge in [-0.05, 0) is 40.0 Å². The van der Waals surface area contributed by atoms with E-state index in [9.17, 15) is 4.79 Å². The van der Waals surface area contributed by atoms with E-state index in [-0.39, 0.29) is 12.1 Å². The summed E-state index contributed by atoms with van der Waals surface area (Å²) in [4.78, 5) is 11.7. The summed E-state index contributed by atoms with van der Waals surface area (Å²) in [6, 6.07) is 0. The molecule has 1 amide bonds. The molecule has 1 fully saturated rings. The summed E-state index contributed by atoms with van der Waals surface area (Å²) in [5, 5.41) is 11.8. The Labute approximate surface area is 102 Å². The summed E-state index contributed by atoms with van der Waals surface area (Å²) in [6.45, 7) is 6.75. The number of rotatable bonds is 4. The van der Waals surface area contributed by atoms with Crippen molar-refractivity contribution in [3.63, 3.8) is 0 Å². The van der Waals surface area contributed by atoms with Gasteiger partial charge in [0.25, 0.3) is 0 Å². The Kier molecular flexibility index (Phi) is 4.77. The third kappa shape index (κ3) is 4.91. The monoisotopic (exact) mass is 245 g/mol. The SMILES string of the molecule is CC(C)(C)OC(=O)NC1(CCCO)CCOC1. The highest BCUT2D eigenvalue weighted by Crippen LogP contribution is 2.24. The van der Waals surface area contributed by atoms with Crippen LogP contribution in [0.2, 0.25) is 0 Å². The number of carbonyl (C=O) groups excluding carboxylic acids is 1. The van der Waals surface area contributed by atoms with Crippen molar-refractivity contribution in [2.75, 3.05) is 19.8 Å². The summed E-state index contributed by atoms with van der Waals surface area (Å²) < 4.78 is 10.6. The minimum atomic E-state index is -0.498. The fraction of sp³-hybridized carbons (Fsp3) is 0.917. The predicted octanol–water partition coefficient (Wildman–Crippen LogP) is 1.44. The zero-order valence-electron chi connectivity index (χ0n) is 10.9. The number of aliphatic hydroxyl groups excluding tert-OH is 1. The van der Waals surface area contributed by atoms with Gasteiger partial charge in [-0.3, -0.25) is 0 Å². The Morgan fingerprint density at radius 1 is 1.53 bits per heavy atom. The van der Waals surface area contributed by atoms with Gasteiger partial charge in [-0.15, -0.1) is 0 Å². The lowest BCUT2D eigenvalue weighted by atomic mass is 9.93. The lowest BCUT2D eigenvalue weighted by molar-refractivity contribution is 0.0427. The van der Waals surface area contributed by atoms with Crippen molar-refractivity contribution in [3.05, 3.63) is 0 Å². The van der Waals surface area contributed by atoms with Crippen molar-refractivity contribution in [1.82, 2.24) is 5.32 Å². The first-order valence-electron chi connectivity index (χ1n) is 6.07. The molecular formula is C12H23NO4. The van der Waals surface area contributed by atoms with Gasteiger partial charge in [0.1, 0.15) is 5.60 Å². The molecule has 0 aromatic heterocycles. The van der Waals surface area contributed by atoms with Crippen molar-refractivity contribution < 1.29 is 19.4 Å². The molecule has 0 aromatic carbocycles. The van der Waals surface area contributed by atoms with Crippen LogP contribution in [0, 0.1) is 0 Å². The first-order valence-corrected chi connectivity index (χ1v) is 6.07. The molecule has 1 atom stereocenters. The third-order valence-corrected chi connectivity index (χ3v) is 2.68. The molecule has 1 aliphatic heterocycles. The van der Waals surface area contributed by atoms with Crippen molar-refractivity contribution in [1.29, 1.82) is 0 Å². The molecule has 100 valence electrons. The van der Waals surface area contributed by atoms with Gasteiger partial charge in [0.2, 0.25) is 0 Å². The van der Waals surface area contributed by atoms with Gasteiger partial charge in [0.05, 0.1) is 12.1 Å². The summed E-state index contributed by atoms with van der Waals surface area (Å²) in [5.74, 6) is 0. The van der Waals surface area contributed by atoms with E-state index in [1.807, 2.05) is 20.8 Å². The molecule has 5 nitrogen and oxygen atoms in total. The minimum absolute atomic E-state index is 0.123. The number of carbonyl (C=O) groups is 1. The van der Waals surface area contributed by atoms with Crippen molar-refractivity contribution in [2.24, 2.45) is 0 Å². The predicted molar refractivity (Wildman–Crippen MR) is 63.9 cm³/mol. The molecule has 1 unspecified atom stereocenters. The lowest BCUT2D eigenvalue weighted by Crippen LogP contribution is -2.50. The highest BCUT2D eigenvalue weighted by molar-refractivity contribution is 5.68. The topological polar surface area (TPSA) is 67.8 Å². The molecule has 0 bridgehead atoms. The zero-order chi connectivity index (χ0) is 12.9. The molecule has 0 saturated carbocycles. The number of nitrogens with one attached hydrogen (secondary N) is 1. The molecule has 0 radical (unpaired) electrons.